The minimum absolute atomic E-state index is 0.274. The topological polar surface area (TPSA) is 37.6 Å². The molecule has 3 aromatic rings. The van der Waals surface area contributed by atoms with E-state index in [1.807, 2.05) is 0 Å². The molecule has 0 aliphatic rings. The van der Waals surface area contributed by atoms with E-state index < -0.39 is 34.6 Å². The molecule has 28 heavy (non-hydrogen) atoms. The number of hydrogen-bond donors (Lipinski definition) is 0. The molecule has 3 rings (SSSR count). The van der Waals surface area contributed by atoms with E-state index in [-0.39, 0.29) is 11.4 Å². The normalized spacial score (nSPS) is 12.4. The molecule has 0 radical (unpaired) electrons. The molecule has 0 aliphatic heterocycles. The first kappa shape index (κ1) is 19.4. The van der Waals surface area contributed by atoms with Gasteiger partial charge in [0.25, 0.3) is 0 Å². The molecule has 0 saturated heterocycles. The maximum atomic E-state index is 13.8. The van der Waals surface area contributed by atoms with E-state index in [2.05, 4.69) is 15.0 Å². The monoisotopic (exact) mass is 385 g/mol. The molecule has 0 atom stereocenters. The van der Waals surface area contributed by atoms with Crippen molar-refractivity contribution < 1.29 is 17.6 Å². The lowest BCUT2D eigenvalue weighted by molar-refractivity contribution is 0.587. The second-order valence-electron chi connectivity index (χ2n) is 5.94. The smallest absolute Gasteiger partial charge is 0.151 e. The van der Waals surface area contributed by atoms with Crippen LogP contribution in [-0.4, -0.2) is 16.4 Å². The molecule has 0 unspecified atom stereocenters. The van der Waals surface area contributed by atoms with Crippen LogP contribution in [0.3, 0.4) is 0 Å². The van der Waals surface area contributed by atoms with E-state index in [1.165, 1.54) is 12.1 Å². The summed E-state index contributed by atoms with van der Waals surface area (Å²) in [5.41, 5.74) is 0.427. The highest BCUT2D eigenvalue weighted by molar-refractivity contribution is 6.02. The predicted molar refractivity (Wildman–Crippen MR) is 101 cm³/mol. The maximum absolute atomic E-state index is 13.8. The second kappa shape index (κ2) is 8.12. The second-order valence-corrected chi connectivity index (χ2v) is 5.94. The van der Waals surface area contributed by atoms with Crippen LogP contribution in [0, 0.1) is 23.3 Å². The zero-order chi connectivity index (χ0) is 20.3. The molecule has 1 heterocycles. The number of benzene rings is 2. The Morgan fingerprint density at radius 1 is 0.607 bits per heavy atom. The standard InChI is InChI=1S/C21H15F4N3/c1-12(26-20-14(22)6-3-7-15(20)23)18-10-5-11-19(28-18)13(2)27-21-16(24)8-4-9-17(21)25/h3-11H,1-2H3/b26-12+,27-13+. The van der Waals surface area contributed by atoms with Crippen LogP contribution in [0.4, 0.5) is 28.9 Å². The van der Waals surface area contributed by atoms with Gasteiger partial charge >= 0.3 is 0 Å². The summed E-state index contributed by atoms with van der Waals surface area (Å²) in [5.74, 6) is -3.15. The SMILES string of the molecule is C/C(=N\c1c(F)cccc1F)c1cccc(/C(C)=N/c2c(F)cccc2F)n1. The molecular weight excluding hydrogens is 370 g/mol. The fourth-order valence-corrected chi connectivity index (χ4v) is 2.48. The molecule has 1 aromatic heterocycles. The third kappa shape index (κ3) is 4.14. The minimum Gasteiger partial charge on any atom is -0.245 e. The number of hydrogen-bond acceptors (Lipinski definition) is 3. The molecule has 2 aromatic carbocycles. The highest BCUT2D eigenvalue weighted by Gasteiger charge is 2.11. The summed E-state index contributed by atoms with van der Waals surface area (Å²) >= 11 is 0. The Hall–Kier alpha value is -3.35. The number of para-hydroxylation sites is 2. The van der Waals surface area contributed by atoms with Crippen LogP contribution in [-0.2, 0) is 0 Å². The Morgan fingerprint density at radius 3 is 1.29 bits per heavy atom. The number of pyridine rings is 1. The lowest BCUT2D eigenvalue weighted by Crippen LogP contribution is -2.05. The number of rotatable bonds is 4. The first-order valence-electron chi connectivity index (χ1n) is 8.33. The number of nitrogens with zero attached hydrogens (tertiary/aromatic N) is 3. The van der Waals surface area contributed by atoms with Gasteiger partial charge in [0, 0.05) is 0 Å². The van der Waals surface area contributed by atoms with Gasteiger partial charge in [0.05, 0.1) is 22.8 Å². The Labute approximate surface area is 159 Å². The summed E-state index contributed by atoms with van der Waals surface area (Å²) in [6, 6.07) is 11.8. The van der Waals surface area contributed by atoms with E-state index in [9.17, 15) is 17.6 Å². The zero-order valence-electron chi connectivity index (χ0n) is 15.0. The molecule has 0 amide bonds. The van der Waals surface area contributed by atoms with Gasteiger partial charge in [0.2, 0.25) is 0 Å². The highest BCUT2D eigenvalue weighted by atomic mass is 19.1. The molecule has 7 heteroatoms. The minimum atomic E-state index is -0.789. The Morgan fingerprint density at radius 2 is 0.929 bits per heavy atom. The van der Waals surface area contributed by atoms with Crippen molar-refractivity contribution in [2.75, 3.05) is 0 Å². The van der Waals surface area contributed by atoms with Crippen LogP contribution in [0.25, 0.3) is 0 Å². The molecule has 0 spiro atoms. The first-order valence-corrected chi connectivity index (χ1v) is 8.33. The van der Waals surface area contributed by atoms with Crippen LogP contribution in [0.1, 0.15) is 25.2 Å². The van der Waals surface area contributed by atoms with Crippen LogP contribution >= 0.6 is 0 Å². The summed E-state index contributed by atoms with van der Waals surface area (Å²) in [6.07, 6.45) is 0. The van der Waals surface area contributed by atoms with Gasteiger partial charge in [-0.05, 0) is 50.2 Å². The summed E-state index contributed by atoms with van der Waals surface area (Å²) in [4.78, 5) is 12.3. The first-order chi connectivity index (χ1) is 13.4. The average molecular weight is 385 g/mol. The van der Waals surface area contributed by atoms with Gasteiger partial charge in [-0.1, -0.05) is 18.2 Å². The number of aliphatic imine (C=N–C) groups is 2. The number of aromatic nitrogens is 1. The van der Waals surface area contributed by atoms with E-state index in [4.69, 9.17) is 0 Å². The van der Waals surface area contributed by atoms with Crippen molar-refractivity contribution in [2.45, 2.75) is 13.8 Å². The molecular formula is C21H15F4N3. The van der Waals surface area contributed by atoms with Crippen molar-refractivity contribution in [3.63, 3.8) is 0 Å². The Balaban J connectivity index is 1.98. The lowest BCUT2D eigenvalue weighted by atomic mass is 10.2. The van der Waals surface area contributed by atoms with Crippen molar-refractivity contribution in [1.29, 1.82) is 0 Å². The fourth-order valence-electron chi connectivity index (χ4n) is 2.48. The van der Waals surface area contributed by atoms with E-state index in [0.29, 0.717) is 11.4 Å². The van der Waals surface area contributed by atoms with Gasteiger partial charge in [-0.15, -0.1) is 0 Å². The van der Waals surface area contributed by atoms with Crippen molar-refractivity contribution in [2.24, 2.45) is 9.98 Å². The van der Waals surface area contributed by atoms with Gasteiger partial charge in [-0.25, -0.2) is 32.5 Å². The van der Waals surface area contributed by atoms with Crippen LogP contribution in [0.2, 0.25) is 0 Å². The average Bonchev–Trinajstić information content (AvgIpc) is 2.67. The Bertz CT molecular complexity index is 968. The largest absolute Gasteiger partial charge is 0.245 e. The van der Waals surface area contributed by atoms with Gasteiger partial charge in [-0.2, -0.15) is 0 Å². The molecule has 0 N–H and O–H groups in total. The molecule has 0 aliphatic carbocycles. The van der Waals surface area contributed by atoms with Crippen molar-refractivity contribution >= 4 is 22.8 Å². The third-order valence-electron chi connectivity index (χ3n) is 3.92. The third-order valence-corrected chi connectivity index (χ3v) is 3.92. The number of halogens is 4. The quantitative estimate of drug-likeness (QED) is 0.406. The van der Waals surface area contributed by atoms with Crippen LogP contribution in [0.5, 0.6) is 0 Å². The summed E-state index contributed by atoms with van der Waals surface area (Å²) in [5, 5.41) is 0. The summed E-state index contributed by atoms with van der Waals surface area (Å²) < 4.78 is 55.2. The Kier molecular flexibility index (Phi) is 5.63. The molecule has 3 nitrogen and oxygen atoms in total. The van der Waals surface area contributed by atoms with Crippen molar-refractivity contribution in [3.05, 3.63) is 89.3 Å². The molecule has 0 fully saturated rings. The van der Waals surface area contributed by atoms with Crippen LogP contribution in [0.15, 0.2) is 64.6 Å². The van der Waals surface area contributed by atoms with Crippen LogP contribution < -0.4 is 0 Å². The van der Waals surface area contributed by atoms with Gasteiger partial charge in [0.1, 0.15) is 11.4 Å². The van der Waals surface area contributed by atoms with E-state index >= 15 is 0 Å². The van der Waals surface area contributed by atoms with Gasteiger partial charge in [-0.3, -0.25) is 0 Å². The molecule has 142 valence electrons. The molecule has 0 bridgehead atoms. The molecule has 0 saturated carbocycles. The van der Waals surface area contributed by atoms with Crippen molar-refractivity contribution in [1.82, 2.24) is 4.98 Å². The van der Waals surface area contributed by atoms with E-state index in [0.717, 1.165) is 24.3 Å². The predicted octanol–water partition coefficient (Wildman–Crippen LogP) is 5.92. The van der Waals surface area contributed by atoms with Gasteiger partial charge < -0.3 is 0 Å². The van der Waals surface area contributed by atoms with Gasteiger partial charge in [0.15, 0.2) is 23.3 Å². The fraction of sp³-hybridized carbons (Fsp3) is 0.0952. The summed E-state index contributed by atoms with van der Waals surface area (Å²) in [6.45, 7) is 3.11. The zero-order valence-corrected chi connectivity index (χ0v) is 15.0. The van der Waals surface area contributed by atoms with Crippen molar-refractivity contribution in [3.8, 4) is 0 Å². The highest BCUT2D eigenvalue weighted by Crippen LogP contribution is 2.24. The lowest BCUT2D eigenvalue weighted by Gasteiger charge is -2.06. The summed E-state index contributed by atoms with van der Waals surface area (Å²) in [7, 11) is 0. The van der Waals surface area contributed by atoms with E-state index in [1.54, 1.807) is 32.0 Å². The maximum Gasteiger partial charge on any atom is 0.151 e.